The van der Waals surface area contributed by atoms with Gasteiger partial charge in [-0.1, -0.05) is 18.9 Å². The number of benzene rings is 1. The number of unbranched alkanes of at least 4 members (excludes halogenated alkanes) is 2. The molecule has 2 N–H and O–H groups in total. The average Bonchev–Trinajstić information content (AvgIpc) is 3.07. The Labute approximate surface area is 200 Å². The number of Topliss-reactive ketones (excluding diaryl/α,β-unsaturated/α-hetero) is 1. The van der Waals surface area contributed by atoms with Crippen molar-refractivity contribution in [3.8, 4) is 11.5 Å². The number of ketones is 1. The minimum atomic E-state index is -1.38. The Balaban J connectivity index is 1.98. The molecule has 3 atom stereocenters. The third kappa shape index (κ3) is 7.22. The number of hydrogen-bond acceptors (Lipinski definition) is 8. The molecule has 0 heterocycles. The lowest BCUT2D eigenvalue weighted by Crippen LogP contribution is -2.43. The first-order chi connectivity index (χ1) is 15.8. The third-order valence-corrected chi connectivity index (χ3v) is 6.91. The number of rotatable bonds is 14. The number of carbonyl (C=O) groups excluding carboxylic acids is 2. The molecule has 33 heavy (non-hydrogen) atoms. The zero-order valence-electron chi connectivity index (χ0n) is 20.0. The first-order valence-electron chi connectivity index (χ1n) is 11.3. The van der Waals surface area contributed by atoms with E-state index in [9.17, 15) is 19.8 Å². The fraction of sp³-hybridized carbons (Fsp3) is 0.600. The van der Waals surface area contributed by atoms with Crippen LogP contribution in [0.15, 0.2) is 29.2 Å². The monoisotopic (exact) mass is 480 g/mol. The minimum absolute atomic E-state index is 0.196. The lowest BCUT2D eigenvalue weighted by molar-refractivity contribution is -0.140. The maximum atomic E-state index is 12.9. The number of ether oxygens (including phenoxy) is 3. The van der Waals surface area contributed by atoms with Gasteiger partial charge in [0.1, 0.15) is 0 Å². The summed E-state index contributed by atoms with van der Waals surface area (Å²) in [6.45, 7) is 0. The van der Waals surface area contributed by atoms with E-state index in [-0.39, 0.29) is 11.8 Å². The highest BCUT2D eigenvalue weighted by atomic mass is 32.2. The highest BCUT2D eigenvalue weighted by Crippen LogP contribution is 2.42. The van der Waals surface area contributed by atoms with Crippen molar-refractivity contribution in [1.82, 2.24) is 0 Å². The molecule has 0 bridgehead atoms. The molecule has 0 saturated carbocycles. The van der Waals surface area contributed by atoms with Gasteiger partial charge in [-0.05, 0) is 62.1 Å². The van der Waals surface area contributed by atoms with E-state index in [2.05, 4.69) is 4.74 Å². The average molecular weight is 481 g/mol. The molecular weight excluding hydrogens is 444 g/mol. The standard InChI is InChI=1S/C25H36O7S/c1-30-19-13-12-17(15-20(19)31-2)9-8-14-25(29)16-21(33-4)24(28)23(25)18(26)10-6-5-7-11-22(27)32-3/h12-13,15-16,18,23,26,29H,5-11,14H2,1-4H3. The summed E-state index contributed by atoms with van der Waals surface area (Å²) in [5.41, 5.74) is -0.338. The second kappa shape index (κ2) is 13.0. The molecule has 1 aromatic rings. The normalized spacial score (nSPS) is 21.0. The largest absolute Gasteiger partial charge is 0.493 e. The van der Waals surface area contributed by atoms with Crippen LogP contribution in [0.25, 0.3) is 0 Å². The van der Waals surface area contributed by atoms with Gasteiger partial charge in [0.05, 0.1) is 39.0 Å². The summed E-state index contributed by atoms with van der Waals surface area (Å²) in [6, 6.07) is 5.71. The van der Waals surface area contributed by atoms with E-state index in [1.165, 1.54) is 18.9 Å². The van der Waals surface area contributed by atoms with Crippen LogP contribution in [0.5, 0.6) is 11.5 Å². The van der Waals surface area contributed by atoms with E-state index in [1.807, 2.05) is 18.2 Å². The molecule has 0 amide bonds. The van der Waals surface area contributed by atoms with Gasteiger partial charge in [0.25, 0.3) is 0 Å². The smallest absolute Gasteiger partial charge is 0.305 e. The van der Waals surface area contributed by atoms with Crippen molar-refractivity contribution in [2.75, 3.05) is 27.6 Å². The molecule has 2 rings (SSSR count). The number of aryl methyl sites for hydroxylation is 1. The Hall–Kier alpha value is -2.03. The molecule has 0 spiro atoms. The molecule has 1 aliphatic carbocycles. The van der Waals surface area contributed by atoms with Crippen LogP contribution in [0.4, 0.5) is 0 Å². The summed E-state index contributed by atoms with van der Waals surface area (Å²) in [5.74, 6) is -0.0123. The molecular formula is C25H36O7S. The molecule has 1 aromatic carbocycles. The molecule has 0 aromatic heterocycles. The lowest BCUT2D eigenvalue weighted by Gasteiger charge is -2.31. The Morgan fingerprint density at radius 3 is 2.48 bits per heavy atom. The van der Waals surface area contributed by atoms with Crippen LogP contribution >= 0.6 is 11.8 Å². The zero-order chi connectivity index (χ0) is 24.4. The summed E-state index contributed by atoms with van der Waals surface area (Å²) in [4.78, 5) is 24.6. The molecule has 1 aliphatic rings. The summed E-state index contributed by atoms with van der Waals surface area (Å²) >= 11 is 1.30. The Morgan fingerprint density at radius 2 is 1.85 bits per heavy atom. The van der Waals surface area contributed by atoms with Gasteiger partial charge in [-0.3, -0.25) is 9.59 Å². The number of hydrogen-bond donors (Lipinski definition) is 2. The van der Waals surface area contributed by atoms with Crippen LogP contribution in [0.1, 0.15) is 50.5 Å². The molecule has 0 radical (unpaired) electrons. The van der Waals surface area contributed by atoms with Crippen LogP contribution in [0, 0.1) is 5.92 Å². The van der Waals surface area contributed by atoms with Gasteiger partial charge >= 0.3 is 5.97 Å². The first kappa shape index (κ1) is 27.2. The van der Waals surface area contributed by atoms with Gasteiger partial charge < -0.3 is 24.4 Å². The van der Waals surface area contributed by atoms with Crippen molar-refractivity contribution in [2.45, 2.75) is 63.1 Å². The number of allylic oxidation sites excluding steroid dienone is 1. The molecule has 0 aliphatic heterocycles. The number of thioether (sulfide) groups is 1. The van der Waals surface area contributed by atoms with Gasteiger partial charge in [0.2, 0.25) is 0 Å². The highest BCUT2D eigenvalue weighted by Gasteiger charge is 2.49. The molecule has 3 unspecified atom stereocenters. The number of methoxy groups -OCH3 is 3. The van der Waals surface area contributed by atoms with Crippen LogP contribution in [0.2, 0.25) is 0 Å². The lowest BCUT2D eigenvalue weighted by atomic mass is 9.80. The van der Waals surface area contributed by atoms with E-state index in [4.69, 9.17) is 9.47 Å². The quantitative estimate of drug-likeness (QED) is 0.307. The van der Waals surface area contributed by atoms with Crippen LogP contribution in [-0.2, 0) is 20.7 Å². The fourth-order valence-corrected chi connectivity index (χ4v) is 4.99. The Bertz CT molecular complexity index is 838. The maximum Gasteiger partial charge on any atom is 0.305 e. The summed E-state index contributed by atoms with van der Waals surface area (Å²) in [5, 5.41) is 22.2. The zero-order valence-corrected chi connectivity index (χ0v) is 20.8. The second-order valence-corrected chi connectivity index (χ2v) is 9.18. The molecule has 0 saturated heterocycles. The van der Waals surface area contributed by atoms with E-state index in [0.717, 1.165) is 12.0 Å². The van der Waals surface area contributed by atoms with Crippen molar-refractivity contribution in [1.29, 1.82) is 0 Å². The second-order valence-electron chi connectivity index (χ2n) is 8.33. The molecule has 0 fully saturated rings. The van der Waals surface area contributed by atoms with Gasteiger partial charge in [-0.15, -0.1) is 11.8 Å². The van der Waals surface area contributed by atoms with Gasteiger partial charge in [-0.2, -0.15) is 0 Å². The van der Waals surface area contributed by atoms with E-state index in [1.54, 1.807) is 26.6 Å². The summed E-state index contributed by atoms with van der Waals surface area (Å²) < 4.78 is 15.3. The minimum Gasteiger partial charge on any atom is -0.493 e. The third-order valence-electron chi connectivity index (χ3n) is 6.15. The number of aliphatic hydroxyl groups excluding tert-OH is 1. The summed E-state index contributed by atoms with van der Waals surface area (Å²) in [7, 11) is 4.54. The van der Waals surface area contributed by atoms with Crippen LogP contribution in [0.3, 0.4) is 0 Å². The maximum absolute atomic E-state index is 12.9. The number of esters is 1. The van der Waals surface area contributed by atoms with Crippen LogP contribution < -0.4 is 9.47 Å². The highest BCUT2D eigenvalue weighted by molar-refractivity contribution is 8.03. The Kier molecular flexibility index (Phi) is 10.7. The van der Waals surface area contributed by atoms with Crippen molar-refractivity contribution >= 4 is 23.5 Å². The van der Waals surface area contributed by atoms with Crippen molar-refractivity contribution in [3.63, 3.8) is 0 Å². The fourth-order valence-electron chi connectivity index (χ4n) is 4.34. The predicted octanol–water partition coefficient (Wildman–Crippen LogP) is 3.69. The molecule has 184 valence electrons. The number of aliphatic hydroxyl groups is 2. The van der Waals surface area contributed by atoms with E-state index >= 15 is 0 Å². The first-order valence-corrected chi connectivity index (χ1v) is 12.5. The summed E-state index contributed by atoms with van der Waals surface area (Å²) in [6.07, 6.45) is 6.99. The van der Waals surface area contributed by atoms with Gasteiger partial charge in [-0.25, -0.2) is 0 Å². The van der Waals surface area contributed by atoms with Gasteiger partial charge in [0.15, 0.2) is 17.3 Å². The van der Waals surface area contributed by atoms with Crippen molar-refractivity contribution < 1.29 is 34.0 Å². The van der Waals surface area contributed by atoms with Crippen molar-refractivity contribution in [2.24, 2.45) is 5.92 Å². The Morgan fingerprint density at radius 1 is 1.12 bits per heavy atom. The predicted molar refractivity (Wildman–Crippen MR) is 129 cm³/mol. The van der Waals surface area contributed by atoms with Crippen molar-refractivity contribution in [3.05, 3.63) is 34.7 Å². The molecule has 7 nitrogen and oxygen atoms in total. The van der Waals surface area contributed by atoms with Gasteiger partial charge in [0, 0.05) is 11.3 Å². The SMILES string of the molecule is COC(=O)CCCCCC(O)C1C(=O)C(SC)=CC1(O)CCCc1ccc(OC)c(OC)c1. The molecule has 8 heteroatoms. The number of carbonyl (C=O) groups is 2. The van der Waals surface area contributed by atoms with E-state index in [0.29, 0.717) is 61.3 Å². The van der Waals surface area contributed by atoms with E-state index < -0.39 is 17.6 Å². The van der Waals surface area contributed by atoms with Crippen LogP contribution in [-0.4, -0.2) is 61.3 Å². The topological polar surface area (TPSA) is 102 Å².